The van der Waals surface area contributed by atoms with E-state index in [0.29, 0.717) is 35.9 Å². The Labute approximate surface area is 195 Å². The molecule has 6 rings (SSSR count). The molecule has 0 unspecified atom stereocenters. The zero-order valence-electron chi connectivity index (χ0n) is 19.2. The van der Waals surface area contributed by atoms with E-state index in [4.69, 9.17) is 9.47 Å². The lowest BCUT2D eigenvalue weighted by Gasteiger charge is -2.26. The van der Waals surface area contributed by atoms with E-state index in [1.807, 2.05) is 47.5 Å². The first kappa shape index (κ1) is 20.7. The van der Waals surface area contributed by atoms with Crippen LogP contribution >= 0.6 is 0 Å². The summed E-state index contributed by atoms with van der Waals surface area (Å²) in [5, 5.41) is 7.09. The fourth-order valence-corrected chi connectivity index (χ4v) is 5.21. The molecule has 2 atom stereocenters. The first-order chi connectivity index (χ1) is 16.4. The number of rotatable bonds is 4. The lowest BCUT2D eigenvalue weighted by atomic mass is 10.1. The molecule has 2 fully saturated rings. The normalized spacial score (nSPS) is 19.3. The Bertz CT molecular complexity index is 1470. The zero-order chi connectivity index (χ0) is 23.6. The molecular formula is C25H25N5O4. The van der Waals surface area contributed by atoms with Gasteiger partial charge in [-0.05, 0) is 43.5 Å². The average molecular weight is 460 g/mol. The Balaban J connectivity index is 1.35. The minimum Gasteiger partial charge on any atom is -0.455 e. The quantitative estimate of drug-likeness (QED) is 0.507. The van der Waals surface area contributed by atoms with Gasteiger partial charge >= 0.3 is 0 Å². The minimum atomic E-state index is -0.138. The maximum Gasteiger partial charge on any atom is 0.268 e. The van der Waals surface area contributed by atoms with Crippen molar-refractivity contribution in [2.45, 2.75) is 32.4 Å². The van der Waals surface area contributed by atoms with Crippen LogP contribution in [-0.2, 0) is 4.74 Å². The summed E-state index contributed by atoms with van der Waals surface area (Å²) in [6.07, 6.45) is 6.33. The summed E-state index contributed by atoms with van der Waals surface area (Å²) in [5.74, 6) is 1.11. The van der Waals surface area contributed by atoms with Crippen LogP contribution in [0.15, 0.2) is 42.9 Å². The molecule has 2 saturated heterocycles. The van der Waals surface area contributed by atoms with Gasteiger partial charge < -0.3 is 24.1 Å². The molecule has 2 bridgehead atoms. The van der Waals surface area contributed by atoms with Gasteiger partial charge in [-0.1, -0.05) is 0 Å². The van der Waals surface area contributed by atoms with E-state index in [1.54, 1.807) is 30.0 Å². The van der Waals surface area contributed by atoms with Crippen molar-refractivity contribution < 1.29 is 19.1 Å². The standard InChI is InChI=1S/C25H25N5O4/c1-14-8-16-9-18(5-7-28(16)22(14)24(31)26-3)34-21-4-6-27-30-12-20(15(2)23(21)30)25(32)29-11-19-10-17(29)13-33-19/h4-9,12,17,19H,10-11,13H2,1-3H3,(H,26,31)/t17-,19-/m0/s1. The number of ether oxygens (including phenoxy) is 2. The predicted molar refractivity (Wildman–Crippen MR) is 125 cm³/mol. The molecule has 1 N–H and O–H groups in total. The number of fused-ring (bicyclic) bond motifs is 4. The van der Waals surface area contributed by atoms with Gasteiger partial charge in [0.1, 0.15) is 17.0 Å². The van der Waals surface area contributed by atoms with Gasteiger partial charge in [0.15, 0.2) is 5.75 Å². The van der Waals surface area contributed by atoms with Gasteiger partial charge in [0.25, 0.3) is 11.8 Å². The summed E-state index contributed by atoms with van der Waals surface area (Å²) in [6.45, 7) is 5.09. The van der Waals surface area contributed by atoms with E-state index < -0.39 is 0 Å². The van der Waals surface area contributed by atoms with Crippen LogP contribution in [0.25, 0.3) is 11.0 Å². The molecule has 0 radical (unpaired) electrons. The number of hydrogen-bond acceptors (Lipinski definition) is 5. The molecule has 4 aromatic heterocycles. The number of carbonyl (C=O) groups excluding carboxylic acids is 2. The SMILES string of the molecule is CNC(=O)c1c(C)cc2cc(Oc3ccnn4cc(C(=O)N5C[C@@H]6C[C@H]5CO6)c(C)c34)ccn12. The van der Waals surface area contributed by atoms with Crippen molar-refractivity contribution >= 4 is 22.8 Å². The maximum atomic E-state index is 13.3. The molecule has 34 heavy (non-hydrogen) atoms. The molecule has 6 heterocycles. The summed E-state index contributed by atoms with van der Waals surface area (Å²) in [4.78, 5) is 27.5. The number of nitrogens with zero attached hydrogens (tertiary/aromatic N) is 4. The van der Waals surface area contributed by atoms with E-state index in [2.05, 4.69) is 10.4 Å². The summed E-state index contributed by atoms with van der Waals surface area (Å²) < 4.78 is 15.5. The lowest BCUT2D eigenvalue weighted by Crippen LogP contribution is -2.41. The van der Waals surface area contributed by atoms with Crippen LogP contribution in [0, 0.1) is 13.8 Å². The van der Waals surface area contributed by atoms with Gasteiger partial charge in [-0.15, -0.1) is 0 Å². The van der Waals surface area contributed by atoms with Crippen LogP contribution in [0.5, 0.6) is 11.5 Å². The van der Waals surface area contributed by atoms with Gasteiger partial charge in [-0.2, -0.15) is 5.10 Å². The van der Waals surface area contributed by atoms with Crippen LogP contribution in [0.1, 0.15) is 38.4 Å². The van der Waals surface area contributed by atoms with Crippen molar-refractivity contribution in [1.82, 2.24) is 24.2 Å². The number of carbonyl (C=O) groups is 2. The maximum absolute atomic E-state index is 13.3. The van der Waals surface area contributed by atoms with Crippen molar-refractivity contribution in [2.24, 2.45) is 0 Å². The lowest BCUT2D eigenvalue weighted by molar-refractivity contribution is 0.0258. The summed E-state index contributed by atoms with van der Waals surface area (Å²) in [5.41, 5.74) is 4.55. The second-order valence-electron chi connectivity index (χ2n) is 8.97. The van der Waals surface area contributed by atoms with E-state index in [9.17, 15) is 9.59 Å². The Hall–Kier alpha value is -3.85. The van der Waals surface area contributed by atoms with Crippen molar-refractivity contribution in [3.8, 4) is 11.5 Å². The molecule has 2 aliphatic rings. The predicted octanol–water partition coefficient (Wildman–Crippen LogP) is 2.97. The van der Waals surface area contributed by atoms with Crippen LogP contribution in [0.4, 0.5) is 0 Å². The monoisotopic (exact) mass is 459 g/mol. The van der Waals surface area contributed by atoms with Gasteiger partial charge in [-0.3, -0.25) is 9.59 Å². The third kappa shape index (κ3) is 3.07. The average Bonchev–Trinajstić information content (AvgIpc) is 3.60. The number of hydrogen-bond donors (Lipinski definition) is 1. The fourth-order valence-electron chi connectivity index (χ4n) is 5.21. The molecule has 0 spiro atoms. The van der Waals surface area contributed by atoms with E-state index in [1.165, 1.54) is 0 Å². The van der Waals surface area contributed by atoms with Gasteiger partial charge in [-0.25, -0.2) is 4.52 Å². The number of amides is 2. The van der Waals surface area contributed by atoms with E-state index >= 15 is 0 Å². The zero-order valence-corrected chi connectivity index (χ0v) is 19.2. The smallest absolute Gasteiger partial charge is 0.268 e. The molecular weight excluding hydrogens is 434 g/mol. The molecule has 0 aromatic carbocycles. The number of aromatic nitrogens is 3. The molecule has 9 nitrogen and oxygen atoms in total. The Morgan fingerprint density at radius 1 is 1.24 bits per heavy atom. The van der Waals surface area contributed by atoms with Crippen LogP contribution in [-0.4, -0.2) is 63.1 Å². The highest BCUT2D eigenvalue weighted by Gasteiger charge is 2.42. The van der Waals surface area contributed by atoms with E-state index in [-0.39, 0.29) is 24.0 Å². The number of pyridine rings is 1. The topological polar surface area (TPSA) is 89.6 Å². The highest BCUT2D eigenvalue weighted by Crippen LogP contribution is 2.34. The Morgan fingerprint density at radius 3 is 2.82 bits per heavy atom. The number of likely N-dealkylation sites (tertiary alicyclic amines) is 1. The molecule has 174 valence electrons. The number of morpholine rings is 1. The van der Waals surface area contributed by atoms with Crippen LogP contribution < -0.4 is 10.1 Å². The van der Waals surface area contributed by atoms with Crippen LogP contribution in [0.2, 0.25) is 0 Å². The summed E-state index contributed by atoms with van der Waals surface area (Å²) in [6, 6.07) is 7.61. The first-order valence-corrected chi connectivity index (χ1v) is 11.4. The summed E-state index contributed by atoms with van der Waals surface area (Å²) in [7, 11) is 1.62. The molecule has 2 aliphatic heterocycles. The molecule has 9 heteroatoms. The first-order valence-electron chi connectivity index (χ1n) is 11.4. The Kier molecular flexibility index (Phi) is 4.63. The largest absolute Gasteiger partial charge is 0.455 e. The third-order valence-electron chi connectivity index (χ3n) is 6.89. The van der Waals surface area contributed by atoms with Crippen molar-refractivity contribution in [3.05, 3.63) is 65.2 Å². The highest BCUT2D eigenvalue weighted by atomic mass is 16.5. The molecule has 4 aromatic rings. The van der Waals surface area contributed by atoms with Crippen molar-refractivity contribution in [1.29, 1.82) is 0 Å². The van der Waals surface area contributed by atoms with Crippen molar-refractivity contribution in [2.75, 3.05) is 20.2 Å². The third-order valence-corrected chi connectivity index (χ3v) is 6.89. The van der Waals surface area contributed by atoms with Gasteiger partial charge in [0, 0.05) is 43.6 Å². The van der Waals surface area contributed by atoms with Crippen LogP contribution in [0.3, 0.4) is 0 Å². The minimum absolute atomic E-state index is 0.0107. The molecule has 0 aliphatic carbocycles. The number of nitrogens with one attached hydrogen (secondary N) is 1. The summed E-state index contributed by atoms with van der Waals surface area (Å²) >= 11 is 0. The fraction of sp³-hybridized carbons (Fsp3) is 0.320. The molecule has 2 amide bonds. The Morgan fingerprint density at radius 2 is 2.09 bits per heavy atom. The van der Waals surface area contributed by atoms with Crippen molar-refractivity contribution in [3.63, 3.8) is 0 Å². The molecule has 0 saturated carbocycles. The number of aryl methyl sites for hydroxylation is 2. The second kappa shape index (κ2) is 7.59. The highest BCUT2D eigenvalue weighted by molar-refractivity contribution is 5.99. The second-order valence-corrected chi connectivity index (χ2v) is 8.97. The van der Waals surface area contributed by atoms with Gasteiger partial charge in [0.2, 0.25) is 0 Å². The van der Waals surface area contributed by atoms with E-state index in [0.717, 1.165) is 28.6 Å². The van der Waals surface area contributed by atoms with Gasteiger partial charge in [0.05, 0.1) is 30.5 Å².